The van der Waals surface area contributed by atoms with Gasteiger partial charge in [0.15, 0.2) is 0 Å². The van der Waals surface area contributed by atoms with Gasteiger partial charge in [0.2, 0.25) is 0 Å². The number of aliphatic hydroxyl groups is 1. The van der Waals surface area contributed by atoms with Crippen LogP contribution in [0.4, 0.5) is 5.82 Å². The molecule has 0 radical (unpaired) electrons. The molecule has 0 saturated carbocycles. The summed E-state index contributed by atoms with van der Waals surface area (Å²) in [6.07, 6.45) is 3.59. The van der Waals surface area contributed by atoms with Crippen molar-refractivity contribution in [3.8, 4) is 0 Å². The minimum atomic E-state index is -1.06. The van der Waals surface area contributed by atoms with Crippen LogP contribution in [-0.2, 0) is 4.79 Å². The van der Waals surface area contributed by atoms with E-state index in [1.54, 1.807) is 48.9 Å². The molecule has 1 atom stereocenters. The third-order valence-corrected chi connectivity index (χ3v) is 2.55. The first-order valence-electron chi connectivity index (χ1n) is 5.67. The van der Waals surface area contributed by atoms with Crippen LogP contribution in [0.5, 0.6) is 0 Å². The molecular formula is C14H13N3O2. The Kier molecular flexibility index (Phi) is 4.00. The molecule has 0 bridgehead atoms. The second-order valence-electron chi connectivity index (χ2n) is 3.88. The lowest BCUT2D eigenvalue weighted by Crippen LogP contribution is -2.19. The van der Waals surface area contributed by atoms with Gasteiger partial charge in [0.25, 0.3) is 5.91 Å². The van der Waals surface area contributed by atoms with E-state index >= 15 is 0 Å². The van der Waals surface area contributed by atoms with Crippen molar-refractivity contribution in [2.45, 2.75) is 6.10 Å². The second kappa shape index (κ2) is 5.88. The first-order chi connectivity index (χ1) is 9.18. The number of hydrogen-bond donors (Lipinski definition) is 2. The zero-order chi connectivity index (χ0) is 13.7. The fourth-order valence-corrected chi connectivity index (χ4v) is 1.50. The van der Waals surface area contributed by atoms with Gasteiger partial charge in [0, 0.05) is 24.2 Å². The predicted molar refractivity (Wildman–Crippen MR) is 71.2 cm³/mol. The lowest BCUT2D eigenvalue weighted by Gasteiger charge is -2.13. The summed E-state index contributed by atoms with van der Waals surface area (Å²) in [4.78, 5) is 19.7. The van der Waals surface area contributed by atoms with Crippen molar-refractivity contribution >= 4 is 11.7 Å². The van der Waals surface area contributed by atoms with Gasteiger partial charge >= 0.3 is 0 Å². The van der Waals surface area contributed by atoms with Gasteiger partial charge in [-0.1, -0.05) is 12.6 Å². The molecule has 2 aromatic rings. The van der Waals surface area contributed by atoms with Crippen molar-refractivity contribution in [2.24, 2.45) is 0 Å². The molecule has 2 heterocycles. The van der Waals surface area contributed by atoms with Crippen LogP contribution in [-0.4, -0.2) is 21.0 Å². The predicted octanol–water partition coefficient (Wildman–Crippen LogP) is 1.70. The minimum Gasteiger partial charge on any atom is -0.383 e. The molecule has 0 spiro atoms. The van der Waals surface area contributed by atoms with E-state index in [-0.39, 0.29) is 5.57 Å². The Bertz CT molecular complexity index is 570. The van der Waals surface area contributed by atoms with Crippen molar-refractivity contribution in [2.75, 3.05) is 5.32 Å². The number of carbonyl (C=O) groups is 1. The summed E-state index contributed by atoms with van der Waals surface area (Å²) < 4.78 is 0. The maximum atomic E-state index is 11.9. The second-order valence-corrected chi connectivity index (χ2v) is 3.88. The van der Waals surface area contributed by atoms with Crippen molar-refractivity contribution in [1.82, 2.24) is 9.97 Å². The zero-order valence-electron chi connectivity index (χ0n) is 10.2. The van der Waals surface area contributed by atoms with Gasteiger partial charge in [-0.25, -0.2) is 4.98 Å². The van der Waals surface area contributed by atoms with E-state index in [4.69, 9.17) is 0 Å². The van der Waals surface area contributed by atoms with Crippen LogP contribution in [0.3, 0.4) is 0 Å². The summed E-state index contributed by atoms with van der Waals surface area (Å²) in [5, 5.41) is 12.6. The number of nitrogens with one attached hydrogen (secondary N) is 1. The number of hydrogen-bond acceptors (Lipinski definition) is 4. The van der Waals surface area contributed by atoms with Gasteiger partial charge in [-0.3, -0.25) is 9.78 Å². The van der Waals surface area contributed by atoms with E-state index in [1.807, 2.05) is 0 Å². The minimum absolute atomic E-state index is 0.0526. The number of amides is 1. The Balaban J connectivity index is 2.06. The highest BCUT2D eigenvalue weighted by molar-refractivity contribution is 6.03. The van der Waals surface area contributed by atoms with Crippen molar-refractivity contribution in [3.05, 3.63) is 66.6 Å². The molecule has 2 N–H and O–H groups in total. The topological polar surface area (TPSA) is 75.1 Å². The van der Waals surface area contributed by atoms with E-state index in [9.17, 15) is 9.90 Å². The SMILES string of the molecule is C=C(C(=O)Nc1ccccn1)C(O)c1ccncc1. The molecule has 1 amide bonds. The molecule has 5 nitrogen and oxygen atoms in total. The molecule has 2 aromatic heterocycles. The Morgan fingerprint density at radius 2 is 1.95 bits per heavy atom. The maximum Gasteiger partial charge on any atom is 0.255 e. The Morgan fingerprint density at radius 1 is 1.21 bits per heavy atom. The van der Waals surface area contributed by atoms with E-state index < -0.39 is 12.0 Å². The Morgan fingerprint density at radius 3 is 2.58 bits per heavy atom. The first kappa shape index (κ1) is 12.9. The van der Waals surface area contributed by atoms with Gasteiger partial charge in [-0.05, 0) is 29.8 Å². The van der Waals surface area contributed by atoms with E-state index in [1.165, 1.54) is 0 Å². The largest absolute Gasteiger partial charge is 0.383 e. The molecule has 96 valence electrons. The van der Waals surface area contributed by atoms with Crippen LogP contribution >= 0.6 is 0 Å². The molecule has 0 aromatic carbocycles. The average Bonchev–Trinajstić information content (AvgIpc) is 2.47. The quantitative estimate of drug-likeness (QED) is 0.815. The normalized spacial score (nSPS) is 11.6. The van der Waals surface area contributed by atoms with Crippen LogP contribution in [0.25, 0.3) is 0 Å². The number of rotatable bonds is 4. The van der Waals surface area contributed by atoms with Gasteiger partial charge in [-0.15, -0.1) is 0 Å². The summed E-state index contributed by atoms with van der Waals surface area (Å²) in [6, 6.07) is 8.42. The van der Waals surface area contributed by atoms with Crippen LogP contribution in [0.15, 0.2) is 61.1 Å². The standard InChI is InChI=1S/C14H13N3O2/c1-10(13(18)11-5-8-15-9-6-11)14(19)17-12-4-2-3-7-16-12/h2-9,13,18H,1H2,(H,16,17,19). The highest BCUT2D eigenvalue weighted by atomic mass is 16.3. The Hall–Kier alpha value is -2.53. The number of carbonyl (C=O) groups excluding carboxylic acids is 1. The maximum absolute atomic E-state index is 11.9. The lowest BCUT2D eigenvalue weighted by molar-refractivity contribution is -0.113. The lowest BCUT2D eigenvalue weighted by atomic mass is 10.0. The number of pyridine rings is 2. The summed E-state index contributed by atoms with van der Waals surface area (Å²) >= 11 is 0. The van der Waals surface area contributed by atoms with Crippen LogP contribution in [0.1, 0.15) is 11.7 Å². The molecule has 2 rings (SSSR count). The third-order valence-electron chi connectivity index (χ3n) is 2.55. The first-order valence-corrected chi connectivity index (χ1v) is 5.67. The van der Waals surface area contributed by atoms with E-state index in [2.05, 4.69) is 21.9 Å². The fraction of sp³-hybridized carbons (Fsp3) is 0.0714. The molecular weight excluding hydrogens is 242 g/mol. The van der Waals surface area contributed by atoms with Crippen molar-refractivity contribution in [3.63, 3.8) is 0 Å². The van der Waals surface area contributed by atoms with Gasteiger partial charge in [0.05, 0.1) is 0 Å². The highest BCUT2D eigenvalue weighted by Crippen LogP contribution is 2.20. The van der Waals surface area contributed by atoms with Gasteiger partial charge in [0.1, 0.15) is 11.9 Å². The Labute approximate surface area is 110 Å². The molecule has 0 saturated heterocycles. The molecule has 5 heteroatoms. The summed E-state index contributed by atoms with van der Waals surface area (Å²) in [5.74, 6) is -0.0569. The van der Waals surface area contributed by atoms with Crippen molar-refractivity contribution < 1.29 is 9.90 Å². The summed E-state index contributed by atoms with van der Waals surface area (Å²) in [6.45, 7) is 3.62. The van der Waals surface area contributed by atoms with Crippen LogP contribution in [0.2, 0.25) is 0 Å². The monoisotopic (exact) mass is 255 g/mol. The molecule has 0 aliphatic rings. The molecule has 0 fully saturated rings. The van der Waals surface area contributed by atoms with Crippen LogP contribution in [0, 0.1) is 0 Å². The molecule has 0 aliphatic heterocycles. The van der Waals surface area contributed by atoms with E-state index in [0.29, 0.717) is 11.4 Å². The number of aliphatic hydroxyl groups excluding tert-OH is 1. The van der Waals surface area contributed by atoms with Crippen molar-refractivity contribution in [1.29, 1.82) is 0 Å². The molecule has 19 heavy (non-hydrogen) atoms. The average molecular weight is 255 g/mol. The smallest absolute Gasteiger partial charge is 0.255 e. The highest BCUT2D eigenvalue weighted by Gasteiger charge is 2.18. The number of nitrogens with zero attached hydrogens (tertiary/aromatic N) is 2. The number of aromatic nitrogens is 2. The van der Waals surface area contributed by atoms with Gasteiger partial charge in [-0.2, -0.15) is 0 Å². The molecule has 1 unspecified atom stereocenters. The van der Waals surface area contributed by atoms with Crippen LogP contribution < -0.4 is 5.32 Å². The fourth-order valence-electron chi connectivity index (χ4n) is 1.50. The van der Waals surface area contributed by atoms with E-state index in [0.717, 1.165) is 0 Å². The molecule has 0 aliphatic carbocycles. The zero-order valence-corrected chi connectivity index (χ0v) is 10.2. The number of anilines is 1. The third kappa shape index (κ3) is 3.23. The summed E-state index contributed by atoms with van der Waals surface area (Å²) in [7, 11) is 0. The summed E-state index contributed by atoms with van der Waals surface area (Å²) in [5.41, 5.74) is 0.619. The van der Waals surface area contributed by atoms with Gasteiger partial charge < -0.3 is 10.4 Å².